The fourth-order valence-corrected chi connectivity index (χ4v) is 2.55. The molecular formula is C13H6BrClO. The molecule has 0 amide bonds. The van der Waals surface area contributed by atoms with E-state index >= 15 is 0 Å². The third-order valence-electron chi connectivity index (χ3n) is 2.74. The SMILES string of the molecule is O=C1c2ccc(Cl)cc2-c2cc(Br)ccc21. The Kier molecular flexibility index (Phi) is 2.16. The average molecular weight is 294 g/mol. The van der Waals surface area contributed by atoms with Crippen LogP contribution in [0.15, 0.2) is 40.9 Å². The van der Waals surface area contributed by atoms with Crippen LogP contribution in [0, 0.1) is 0 Å². The molecule has 3 rings (SSSR count). The molecule has 1 aliphatic rings. The van der Waals surface area contributed by atoms with Crippen LogP contribution in [0.25, 0.3) is 11.1 Å². The molecule has 78 valence electrons. The van der Waals surface area contributed by atoms with Crippen molar-refractivity contribution in [2.24, 2.45) is 0 Å². The second-order valence-corrected chi connectivity index (χ2v) is 5.06. The van der Waals surface area contributed by atoms with Crippen LogP contribution in [-0.4, -0.2) is 5.78 Å². The summed E-state index contributed by atoms with van der Waals surface area (Å²) in [4.78, 5) is 12.1. The Morgan fingerprint density at radius 3 is 2.25 bits per heavy atom. The first-order valence-electron chi connectivity index (χ1n) is 4.81. The van der Waals surface area contributed by atoms with Gasteiger partial charge in [0.15, 0.2) is 5.78 Å². The van der Waals surface area contributed by atoms with Gasteiger partial charge in [-0.25, -0.2) is 0 Å². The van der Waals surface area contributed by atoms with Gasteiger partial charge in [0.2, 0.25) is 0 Å². The van der Waals surface area contributed by atoms with Crippen molar-refractivity contribution >= 4 is 33.3 Å². The van der Waals surface area contributed by atoms with E-state index in [4.69, 9.17) is 11.6 Å². The summed E-state index contributed by atoms with van der Waals surface area (Å²) in [5.41, 5.74) is 3.36. The van der Waals surface area contributed by atoms with Crippen LogP contribution >= 0.6 is 27.5 Å². The van der Waals surface area contributed by atoms with Gasteiger partial charge in [0.25, 0.3) is 0 Å². The number of carbonyl (C=O) groups is 1. The van der Waals surface area contributed by atoms with Gasteiger partial charge in [0.1, 0.15) is 0 Å². The van der Waals surface area contributed by atoms with Gasteiger partial charge >= 0.3 is 0 Å². The standard InChI is InChI=1S/C13H6BrClO/c14-7-1-3-9-11(5-7)12-6-8(15)2-4-10(12)13(9)16/h1-6H. The van der Waals surface area contributed by atoms with Crippen molar-refractivity contribution in [2.45, 2.75) is 0 Å². The van der Waals surface area contributed by atoms with Crippen molar-refractivity contribution in [3.05, 3.63) is 57.0 Å². The molecule has 0 fully saturated rings. The van der Waals surface area contributed by atoms with Gasteiger partial charge in [-0.05, 0) is 47.5 Å². The zero-order chi connectivity index (χ0) is 11.3. The van der Waals surface area contributed by atoms with E-state index in [1.807, 2.05) is 24.3 Å². The second-order valence-electron chi connectivity index (χ2n) is 3.71. The quantitative estimate of drug-likeness (QED) is 0.603. The zero-order valence-electron chi connectivity index (χ0n) is 8.13. The van der Waals surface area contributed by atoms with E-state index in [0.717, 1.165) is 26.7 Å². The lowest BCUT2D eigenvalue weighted by atomic mass is 10.1. The van der Waals surface area contributed by atoms with Crippen LogP contribution in [0.1, 0.15) is 15.9 Å². The minimum absolute atomic E-state index is 0.0779. The third kappa shape index (κ3) is 1.34. The highest BCUT2D eigenvalue weighted by Crippen LogP contribution is 2.39. The Morgan fingerprint density at radius 1 is 0.875 bits per heavy atom. The molecule has 1 aliphatic carbocycles. The maximum atomic E-state index is 12.1. The highest BCUT2D eigenvalue weighted by Gasteiger charge is 2.26. The molecule has 0 saturated heterocycles. The van der Waals surface area contributed by atoms with Gasteiger partial charge in [-0.15, -0.1) is 0 Å². The maximum absolute atomic E-state index is 12.1. The molecule has 0 saturated carbocycles. The maximum Gasteiger partial charge on any atom is 0.194 e. The molecule has 0 radical (unpaired) electrons. The van der Waals surface area contributed by atoms with Crippen molar-refractivity contribution in [2.75, 3.05) is 0 Å². The molecule has 0 unspecified atom stereocenters. The molecule has 0 aromatic heterocycles. The highest BCUT2D eigenvalue weighted by atomic mass is 79.9. The predicted molar refractivity (Wildman–Crippen MR) is 68.0 cm³/mol. The molecule has 1 nitrogen and oxygen atoms in total. The van der Waals surface area contributed by atoms with Crippen molar-refractivity contribution < 1.29 is 4.79 Å². The normalized spacial score (nSPS) is 12.5. The number of rotatable bonds is 0. The third-order valence-corrected chi connectivity index (χ3v) is 3.47. The van der Waals surface area contributed by atoms with Gasteiger partial charge in [0, 0.05) is 20.6 Å². The Hall–Kier alpha value is -1.12. The lowest BCUT2D eigenvalue weighted by Gasteiger charge is -2.00. The minimum Gasteiger partial charge on any atom is -0.289 e. The molecule has 0 aliphatic heterocycles. The van der Waals surface area contributed by atoms with E-state index in [2.05, 4.69) is 15.9 Å². The monoisotopic (exact) mass is 292 g/mol. The van der Waals surface area contributed by atoms with E-state index in [1.54, 1.807) is 12.1 Å². The molecule has 2 aromatic rings. The molecule has 0 atom stereocenters. The molecule has 0 bridgehead atoms. The van der Waals surface area contributed by atoms with E-state index in [0.29, 0.717) is 5.02 Å². The Labute approximate surface area is 106 Å². The summed E-state index contributed by atoms with van der Waals surface area (Å²) in [5, 5.41) is 0.652. The van der Waals surface area contributed by atoms with Crippen molar-refractivity contribution in [1.29, 1.82) is 0 Å². The lowest BCUT2D eigenvalue weighted by Crippen LogP contribution is -1.94. The number of benzene rings is 2. The average Bonchev–Trinajstić information content (AvgIpc) is 2.52. The molecule has 2 aromatic carbocycles. The highest BCUT2D eigenvalue weighted by molar-refractivity contribution is 9.10. The first-order chi connectivity index (χ1) is 7.66. The van der Waals surface area contributed by atoms with Gasteiger partial charge in [-0.2, -0.15) is 0 Å². The second kappa shape index (κ2) is 3.44. The largest absolute Gasteiger partial charge is 0.289 e. The number of ketones is 1. The van der Waals surface area contributed by atoms with Crippen molar-refractivity contribution in [3.8, 4) is 11.1 Å². The summed E-state index contributed by atoms with van der Waals surface area (Å²) in [6.07, 6.45) is 0. The fourth-order valence-electron chi connectivity index (χ4n) is 2.02. The molecule has 0 N–H and O–H groups in total. The summed E-state index contributed by atoms with van der Waals surface area (Å²) < 4.78 is 0.965. The summed E-state index contributed by atoms with van der Waals surface area (Å²) in [7, 11) is 0. The Morgan fingerprint density at radius 2 is 1.50 bits per heavy atom. The molecule has 0 spiro atoms. The van der Waals surface area contributed by atoms with E-state index in [9.17, 15) is 4.79 Å². The Bertz CT molecular complexity index is 566. The minimum atomic E-state index is 0.0779. The van der Waals surface area contributed by atoms with Crippen LogP contribution in [-0.2, 0) is 0 Å². The van der Waals surface area contributed by atoms with Crippen LogP contribution in [0.5, 0.6) is 0 Å². The van der Waals surface area contributed by atoms with Gasteiger partial charge in [-0.3, -0.25) is 4.79 Å². The van der Waals surface area contributed by atoms with Crippen LogP contribution in [0.4, 0.5) is 0 Å². The van der Waals surface area contributed by atoms with Crippen molar-refractivity contribution in [1.82, 2.24) is 0 Å². The van der Waals surface area contributed by atoms with Crippen LogP contribution in [0.2, 0.25) is 5.02 Å². The van der Waals surface area contributed by atoms with E-state index in [-0.39, 0.29) is 5.78 Å². The lowest BCUT2D eigenvalue weighted by molar-refractivity contribution is 0.104. The Balaban J connectivity index is 2.37. The molecule has 0 heterocycles. The molecule has 3 heteroatoms. The first-order valence-corrected chi connectivity index (χ1v) is 5.98. The smallest absolute Gasteiger partial charge is 0.194 e. The first kappa shape index (κ1) is 10.1. The number of hydrogen-bond donors (Lipinski definition) is 0. The summed E-state index contributed by atoms with van der Waals surface area (Å²) >= 11 is 9.37. The van der Waals surface area contributed by atoms with E-state index in [1.165, 1.54) is 0 Å². The predicted octanol–water partition coefficient (Wildman–Crippen LogP) is 4.31. The molecule has 16 heavy (non-hydrogen) atoms. The number of carbonyl (C=O) groups excluding carboxylic acids is 1. The number of hydrogen-bond acceptors (Lipinski definition) is 1. The van der Waals surface area contributed by atoms with Gasteiger partial charge in [0.05, 0.1) is 0 Å². The summed E-state index contributed by atoms with van der Waals surface area (Å²) in [6, 6.07) is 11.1. The van der Waals surface area contributed by atoms with Crippen LogP contribution < -0.4 is 0 Å². The zero-order valence-corrected chi connectivity index (χ0v) is 10.5. The topological polar surface area (TPSA) is 17.1 Å². The van der Waals surface area contributed by atoms with Crippen molar-refractivity contribution in [3.63, 3.8) is 0 Å². The number of fused-ring (bicyclic) bond motifs is 3. The van der Waals surface area contributed by atoms with E-state index < -0.39 is 0 Å². The van der Waals surface area contributed by atoms with Gasteiger partial charge < -0.3 is 0 Å². The number of halogens is 2. The fraction of sp³-hybridized carbons (Fsp3) is 0. The summed E-state index contributed by atoms with van der Waals surface area (Å²) in [5.74, 6) is 0.0779. The molecular weight excluding hydrogens is 287 g/mol. The summed E-state index contributed by atoms with van der Waals surface area (Å²) in [6.45, 7) is 0. The van der Waals surface area contributed by atoms with Crippen LogP contribution in [0.3, 0.4) is 0 Å². The van der Waals surface area contributed by atoms with Gasteiger partial charge in [-0.1, -0.05) is 27.5 Å².